The van der Waals surface area contributed by atoms with Crippen molar-refractivity contribution in [2.75, 3.05) is 11.9 Å². The molecule has 1 atom stereocenters. The molecule has 6 rings (SSSR count). The van der Waals surface area contributed by atoms with E-state index >= 15 is 0 Å². The zero-order valence-electron chi connectivity index (χ0n) is 25.5. The first-order valence-corrected chi connectivity index (χ1v) is 16.4. The lowest BCUT2D eigenvalue weighted by Gasteiger charge is -2.22. The Balaban J connectivity index is 1.28. The molecule has 8 nitrogen and oxygen atoms in total. The third-order valence-electron chi connectivity index (χ3n) is 7.41. The van der Waals surface area contributed by atoms with E-state index in [0.717, 1.165) is 16.8 Å². The first-order chi connectivity index (χ1) is 21.2. The van der Waals surface area contributed by atoms with Crippen LogP contribution >= 0.6 is 11.6 Å². The third kappa shape index (κ3) is 6.45. The fraction of sp³-hybridized carbons (Fsp3) is 0.235. The average molecular weight is 621 g/mol. The molecule has 1 unspecified atom stereocenters. The Morgan fingerprint density at radius 1 is 0.886 bits per heavy atom. The number of nitrogens with one attached hydrogen (secondary N) is 1. The minimum absolute atomic E-state index is 0.0473. The molecule has 0 bridgehead atoms. The Morgan fingerprint density at radius 3 is 2.25 bits per heavy atom. The van der Waals surface area contributed by atoms with Gasteiger partial charge in [0.05, 0.1) is 18.5 Å². The van der Waals surface area contributed by atoms with Crippen molar-refractivity contribution in [3.8, 4) is 22.5 Å². The molecule has 0 fully saturated rings. The molecule has 0 aliphatic carbocycles. The van der Waals surface area contributed by atoms with Crippen molar-refractivity contribution >= 4 is 42.6 Å². The van der Waals surface area contributed by atoms with Gasteiger partial charge in [-0.05, 0) is 40.4 Å². The van der Waals surface area contributed by atoms with Gasteiger partial charge in [-0.3, -0.25) is 9.08 Å². The number of fused-ring (bicyclic) bond motifs is 1. The van der Waals surface area contributed by atoms with Gasteiger partial charge in [0.25, 0.3) is 9.04 Å². The van der Waals surface area contributed by atoms with Crippen LogP contribution in [0.4, 0.5) is 5.95 Å². The zero-order chi connectivity index (χ0) is 30.8. The molecule has 1 N–H and O–H groups in total. The number of nitrogens with zero attached hydrogens (tertiary/aromatic N) is 6. The number of aryl methyl sites for hydroxylation is 1. The molecular weight excluding hydrogens is 586 g/mol. The van der Waals surface area contributed by atoms with Crippen LogP contribution in [0, 0.1) is 0 Å². The molecule has 0 aliphatic rings. The molecule has 0 spiro atoms. The Hall–Kier alpha value is -4.31. The topological polar surface area (TPSA) is 82.2 Å². The van der Waals surface area contributed by atoms with Crippen molar-refractivity contribution in [1.29, 1.82) is 0 Å². The lowest BCUT2D eigenvalue weighted by atomic mass is 9.87. The monoisotopic (exact) mass is 620 g/mol. The number of benzene rings is 3. The second kappa shape index (κ2) is 12.4. The van der Waals surface area contributed by atoms with Crippen LogP contribution in [0.15, 0.2) is 97.5 Å². The standard InChI is InChI=1S/C34H35ClN7OSi/c1-23(22-43-44(28-9-7-6-8-10-28)29-17-13-26(14-18-29)34(2,3)4)37-33-40-39-32-31(25-19-36-41(5)20-25)38-30(21-42(32)33)24-11-15-27(35)16-12-24/h6-21,23H,22H2,1-5H3,(H,37,40). The van der Waals surface area contributed by atoms with Crippen LogP contribution in [0.25, 0.3) is 28.2 Å². The van der Waals surface area contributed by atoms with E-state index < -0.39 is 9.04 Å². The number of anilines is 1. The van der Waals surface area contributed by atoms with Crippen LogP contribution in [-0.2, 0) is 16.9 Å². The Labute approximate surface area is 264 Å². The van der Waals surface area contributed by atoms with E-state index in [-0.39, 0.29) is 11.5 Å². The molecule has 10 heteroatoms. The predicted octanol–water partition coefficient (Wildman–Crippen LogP) is 5.77. The molecule has 0 aliphatic heterocycles. The molecule has 0 saturated carbocycles. The summed E-state index contributed by atoms with van der Waals surface area (Å²) in [5, 5.41) is 20.0. The second-order valence-corrected chi connectivity index (χ2v) is 14.5. The van der Waals surface area contributed by atoms with E-state index in [1.165, 1.54) is 15.9 Å². The molecule has 3 aromatic heterocycles. The van der Waals surface area contributed by atoms with Crippen LogP contribution in [0.1, 0.15) is 33.3 Å². The molecule has 223 valence electrons. The van der Waals surface area contributed by atoms with Gasteiger partial charge in [-0.15, -0.1) is 10.2 Å². The molecule has 3 aromatic carbocycles. The van der Waals surface area contributed by atoms with E-state index in [4.69, 9.17) is 21.0 Å². The van der Waals surface area contributed by atoms with Crippen molar-refractivity contribution in [3.63, 3.8) is 0 Å². The first-order valence-electron chi connectivity index (χ1n) is 14.6. The van der Waals surface area contributed by atoms with Gasteiger partial charge in [-0.1, -0.05) is 99.1 Å². The van der Waals surface area contributed by atoms with Gasteiger partial charge in [-0.25, -0.2) is 4.98 Å². The van der Waals surface area contributed by atoms with E-state index in [1.807, 2.05) is 54.2 Å². The Bertz CT molecular complexity index is 1860. The van der Waals surface area contributed by atoms with E-state index in [1.54, 1.807) is 10.9 Å². The second-order valence-electron chi connectivity index (χ2n) is 12.0. The number of hydrogen-bond acceptors (Lipinski definition) is 6. The number of aromatic nitrogens is 6. The van der Waals surface area contributed by atoms with Crippen LogP contribution in [0.2, 0.25) is 5.02 Å². The summed E-state index contributed by atoms with van der Waals surface area (Å²) in [6, 6.07) is 27.0. The summed E-state index contributed by atoms with van der Waals surface area (Å²) in [5.41, 5.74) is 5.30. The van der Waals surface area contributed by atoms with Gasteiger partial charge in [0.2, 0.25) is 5.95 Å². The maximum Gasteiger partial charge on any atom is 0.282 e. The van der Waals surface area contributed by atoms with E-state index in [0.29, 0.717) is 28.9 Å². The lowest BCUT2D eigenvalue weighted by Crippen LogP contribution is -2.46. The number of hydrogen-bond donors (Lipinski definition) is 1. The first kappa shape index (κ1) is 29.7. The Morgan fingerprint density at radius 2 is 1.59 bits per heavy atom. The van der Waals surface area contributed by atoms with Crippen LogP contribution < -0.4 is 15.7 Å². The van der Waals surface area contributed by atoms with Gasteiger partial charge in [0, 0.05) is 41.6 Å². The quantitative estimate of drug-likeness (QED) is 0.207. The highest BCUT2D eigenvalue weighted by Gasteiger charge is 2.23. The summed E-state index contributed by atoms with van der Waals surface area (Å²) >= 11 is 6.17. The van der Waals surface area contributed by atoms with Crippen molar-refractivity contribution in [3.05, 3.63) is 108 Å². The highest BCUT2D eigenvalue weighted by Crippen LogP contribution is 2.28. The van der Waals surface area contributed by atoms with Crippen molar-refractivity contribution in [2.24, 2.45) is 7.05 Å². The maximum absolute atomic E-state index is 6.71. The van der Waals surface area contributed by atoms with Crippen LogP contribution in [0.3, 0.4) is 0 Å². The van der Waals surface area contributed by atoms with E-state index in [9.17, 15) is 0 Å². The fourth-order valence-electron chi connectivity index (χ4n) is 5.01. The van der Waals surface area contributed by atoms with Crippen LogP contribution in [-0.4, -0.2) is 51.1 Å². The summed E-state index contributed by atoms with van der Waals surface area (Å²) in [6.07, 6.45) is 5.66. The zero-order valence-corrected chi connectivity index (χ0v) is 27.2. The molecule has 1 radical (unpaired) electrons. The summed E-state index contributed by atoms with van der Waals surface area (Å²) in [4.78, 5) is 4.96. The molecule has 44 heavy (non-hydrogen) atoms. The van der Waals surface area contributed by atoms with Gasteiger partial charge < -0.3 is 9.74 Å². The van der Waals surface area contributed by atoms with Gasteiger partial charge >= 0.3 is 0 Å². The SMILES string of the molecule is CC(CO[Si](c1ccccc1)c1ccc(C(C)(C)C)cc1)Nc1nnc2c(-c3cnn(C)c3)nc(-c3ccc(Cl)cc3)cn12. The predicted molar refractivity (Wildman–Crippen MR) is 179 cm³/mol. The molecular formula is C34H35ClN7OSi. The fourth-order valence-corrected chi connectivity index (χ4v) is 7.18. The van der Waals surface area contributed by atoms with Gasteiger partial charge in [0.1, 0.15) is 5.69 Å². The van der Waals surface area contributed by atoms with Crippen molar-refractivity contribution < 1.29 is 4.43 Å². The minimum atomic E-state index is -1.48. The average Bonchev–Trinajstić information content (AvgIpc) is 3.63. The highest BCUT2D eigenvalue weighted by molar-refractivity contribution is 6.80. The van der Waals surface area contributed by atoms with Gasteiger partial charge in [-0.2, -0.15) is 5.10 Å². The number of rotatable bonds is 9. The highest BCUT2D eigenvalue weighted by atomic mass is 35.5. The smallest absolute Gasteiger partial charge is 0.282 e. The third-order valence-corrected chi connectivity index (χ3v) is 9.83. The maximum atomic E-state index is 6.71. The summed E-state index contributed by atoms with van der Waals surface area (Å²) < 4.78 is 10.4. The number of halogens is 1. The van der Waals surface area contributed by atoms with Crippen LogP contribution in [0.5, 0.6) is 0 Å². The molecule has 6 aromatic rings. The molecule has 0 amide bonds. The largest absolute Gasteiger partial charge is 0.405 e. The summed E-state index contributed by atoms with van der Waals surface area (Å²) in [5.74, 6) is 0.613. The Kier molecular flexibility index (Phi) is 8.35. The summed E-state index contributed by atoms with van der Waals surface area (Å²) in [7, 11) is 0.406. The minimum Gasteiger partial charge on any atom is -0.405 e. The van der Waals surface area contributed by atoms with Crippen molar-refractivity contribution in [2.45, 2.75) is 39.2 Å². The van der Waals surface area contributed by atoms with Gasteiger partial charge in [0.15, 0.2) is 5.65 Å². The summed E-state index contributed by atoms with van der Waals surface area (Å²) in [6.45, 7) is 9.28. The lowest BCUT2D eigenvalue weighted by molar-refractivity contribution is 0.317. The van der Waals surface area contributed by atoms with E-state index in [2.05, 4.69) is 96.8 Å². The normalized spacial score (nSPS) is 12.6. The van der Waals surface area contributed by atoms with Crippen molar-refractivity contribution in [1.82, 2.24) is 29.4 Å². The molecule has 3 heterocycles. The molecule has 0 saturated heterocycles.